The monoisotopic (exact) mass is 726 g/mol. The number of allylic oxidation sites excluding steroid dienone is 2. The molecule has 6 rings (SSSR count). The normalized spacial score (nSPS) is 27.6. The number of hydrogen-bond donors (Lipinski definition) is 0. The summed E-state index contributed by atoms with van der Waals surface area (Å²) in [6, 6.07) is 19.8. The molecular weight excluding hydrogens is 677 g/mol. The lowest BCUT2D eigenvalue weighted by Crippen LogP contribution is -2.52. The number of amides is 2. The Hall–Kier alpha value is -5.54. The van der Waals surface area contributed by atoms with Crippen LogP contribution in [-0.2, 0) is 32.0 Å². The first kappa shape index (κ1) is 39.7. The molecule has 0 saturated heterocycles. The van der Waals surface area contributed by atoms with Crippen molar-refractivity contribution in [3.63, 3.8) is 0 Å². The predicted octanol–water partition coefficient (Wildman–Crippen LogP) is 8.22. The van der Waals surface area contributed by atoms with Crippen LogP contribution in [0, 0.1) is 34.8 Å². The van der Waals surface area contributed by atoms with E-state index in [1.807, 2.05) is 121 Å². The van der Waals surface area contributed by atoms with Gasteiger partial charge in [-0.05, 0) is 69.7 Å². The molecule has 4 aliphatic rings. The summed E-state index contributed by atoms with van der Waals surface area (Å²) in [5, 5.41) is 0. The molecule has 9 nitrogen and oxygen atoms in total. The minimum absolute atomic E-state index is 0.0101. The topological polar surface area (TPSA) is 92.7 Å². The first-order valence-electron chi connectivity index (χ1n) is 18.3. The number of hydrogen-bond acceptors (Lipinski definition) is 5. The van der Waals surface area contributed by atoms with Crippen molar-refractivity contribution in [3.05, 3.63) is 141 Å². The van der Waals surface area contributed by atoms with Crippen LogP contribution in [0.25, 0.3) is 9.69 Å². The molecule has 0 unspecified atom stereocenters. The number of rotatable bonds is 4. The van der Waals surface area contributed by atoms with Crippen molar-refractivity contribution in [3.8, 4) is 0 Å². The van der Waals surface area contributed by atoms with Crippen molar-refractivity contribution in [2.75, 3.05) is 26.2 Å². The highest BCUT2D eigenvalue weighted by Gasteiger charge is 2.53. The lowest BCUT2D eigenvalue weighted by molar-refractivity contribution is -0.130. The molecule has 2 aromatic rings. The van der Waals surface area contributed by atoms with E-state index in [-0.39, 0.29) is 35.0 Å². The molecule has 54 heavy (non-hydrogen) atoms. The summed E-state index contributed by atoms with van der Waals surface area (Å²) < 4.78 is 5.53. The van der Waals surface area contributed by atoms with E-state index in [9.17, 15) is 19.2 Å². The molecular formula is C45H50N4O5. The van der Waals surface area contributed by atoms with Crippen LogP contribution in [0.2, 0.25) is 0 Å². The summed E-state index contributed by atoms with van der Waals surface area (Å²) in [5.74, 6) is -0.256. The molecule has 2 aromatic carbocycles. The fourth-order valence-electron chi connectivity index (χ4n) is 8.69. The average molecular weight is 727 g/mol. The van der Waals surface area contributed by atoms with Crippen LogP contribution in [-0.4, -0.2) is 65.1 Å². The molecule has 280 valence electrons. The van der Waals surface area contributed by atoms with Gasteiger partial charge in [-0.2, -0.15) is 0 Å². The van der Waals surface area contributed by atoms with Crippen LogP contribution in [0.4, 0.5) is 4.79 Å². The van der Waals surface area contributed by atoms with Gasteiger partial charge in [0, 0.05) is 54.8 Å². The minimum atomic E-state index is -0.815. The second kappa shape index (κ2) is 14.7. The predicted molar refractivity (Wildman–Crippen MR) is 208 cm³/mol. The maximum Gasteiger partial charge on any atom is 0.410 e. The van der Waals surface area contributed by atoms with Crippen LogP contribution in [0.15, 0.2) is 108 Å². The molecule has 0 spiro atoms. The van der Waals surface area contributed by atoms with Gasteiger partial charge in [-0.25, -0.2) is 14.5 Å². The third kappa shape index (κ3) is 7.73. The van der Waals surface area contributed by atoms with Crippen LogP contribution >= 0.6 is 0 Å². The van der Waals surface area contributed by atoms with Crippen LogP contribution in [0.1, 0.15) is 66.5 Å². The number of benzene rings is 2. The van der Waals surface area contributed by atoms with Crippen LogP contribution in [0.3, 0.4) is 0 Å². The second-order valence-corrected chi connectivity index (χ2v) is 16.8. The summed E-state index contributed by atoms with van der Waals surface area (Å²) in [4.78, 5) is 61.2. The third-order valence-corrected chi connectivity index (χ3v) is 11.0. The second-order valence-electron chi connectivity index (χ2n) is 16.8. The van der Waals surface area contributed by atoms with Gasteiger partial charge in [0.25, 0.3) is 0 Å². The Morgan fingerprint density at radius 3 is 1.46 bits per heavy atom. The summed E-state index contributed by atoms with van der Waals surface area (Å²) >= 11 is 0. The summed E-state index contributed by atoms with van der Waals surface area (Å²) in [6.45, 7) is 31.7. The summed E-state index contributed by atoms with van der Waals surface area (Å²) in [7, 11) is 0. The molecule has 2 heterocycles. The SMILES string of the molecule is [C-]#[N+]C1=C[C@@]2(C)CN(C(=O)OC(C)(C)C)CC=C2[C@@](C)(Cc2ccccc2)C1=O.[C-]#[N+]C1=C[C@@]2(C)CN(C(C)=O)CC=C2[C@@](C)(Cc2ccccc2)C1=O. The van der Waals surface area contributed by atoms with Gasteiger partial charge in [-0.3, -0.25) is 4.79 Å². The van der Waals surface area contributed by atoms with Gasteiger partial charge in [0.1, 0.15) is 5.60 Å². The van der Waals surface area contributed by atoms with E-state index >= 15 is 0 Å². The Morgan fingerprint density at radius 2 is 1.09 bits per heavy atom. The van der Waals surface area contributed by atoms with E-state index in [0.29, 0.717) is 39.0 Å². The van der Waals surface area contributed by atoms with E-state index < -0.39 is 27.3 Å². The molecule has 0 fully saturated rings. The quantitative estimate of drug-likeness (QED) is 0.234. The van der Waals surface area contributed by atoms with Gasteiger partial charge in [0.05, 0.1) is 13.1 Å². The molecule has 2 aliphatic heterocycles. The van der Waals surface area contributed by atoms with E-state index in [1.54, 1.807) is 28.9 Å². The molecule has 0 N–H and O–H groups in total. The van der Waals surface area contributed by atoms with E-state index in [2.05, 4.69) is 9.69 Å². The smallest absolute Gasteiger partial charge is 0.410 e. The summed E-state index contributed by atoms with van der Waals surface area (Å²) in [5.41, 5.74) is 1.23. The van der Waals surface area contributed by atoms with Crippen molar-refractivity contribution in [1.82, 2.24) is 9.80 Å². The van der Waals surface area contributed by atoms with Crippen molar-refractivity contribution in [2.45, 2.75) is 73.8 Å². The first-order chi connectivity index (χ1) is 25.3. The number of Topliss-reactive ketones (excluding diaryl/α,β-unsaturated/α-hetero) is 2. The zero-order valence-electron chi connectivity index (χ0n) is 32.7. The van der Waals surface area contributed by atoms with Gasteiger partial charge >= 0.3 is 6.09 Å². The Bertz CT molecular complexity index is 2060. The van der Waals surface area contributed by atoms with Gasteiger partial charge < -0.3 is 24.1 Å². The zero-order valence-corrected chi connectivity index (χ0v) is 32.7. The lowest BCUT2D eigenvalue weighted by Gasteiger charge is -2.49. The molecule has 0 radical (unpaired) electrons. The van der Waals surface area contributed by atoms with Gasteiger partial charge in [0.15, 0.2) is 11.6 Å². The van der Waals surface area contributed by atoms with Crippen molar-refractivity contribution in [2.24, 2.45) is 21.7 Å². The molecule has 0 aromatic heterocycles. The minimum Gasteiger partial charge on any atom is -0.444 e. The average Bonchev–Trinajstić information content (AvgIpc) is 3.11. The van der Waals surface area contributed by atoms with Crippen molar-refractivity contribution < 1.29 is 23.9 Å². The molecule has 9 heteroatoms. The highest BCUT2D eigenvalue weighted by molar-refractivity contribution is 6.06. The number of ketones is 2. The standard InChI is InChI=1S/C24H28N2O3.C21H22N2O2/c1-22(2,3)29-21(28)26-13-12-19-23(4,16-26)15-18(25-6)20(27)24(19,5)14-17-10-8-7-9-11-17;1-15(24)23-11-10-18-20(2,14-23)13-17(22-4)19(25)21(18,3)12-16-8-6-5-7-9-16/h7-12,15H,13-14,16H2,1-5H3;5-10,13H,11-12,14H2,1-3H3/t23-,24+;20-,21+/m00/s1. The fourth-order valence-corrected chi connectivity index (χ4v) is 8.69. The Labute approximate surface area is 319 Å². The Balaban J connectivity index is 0.000000210. The number of carbonyl (C=O) groups is 4. The maximum absolute atomic E-state index is 13.3. The van der Waals surface area contributed by atoms with E-state index in [1.165, 1.54) is 0 Å². The van der Waals surface area contributed by atoms with Crippen molar-refractivity contribution >= 4 is 23.6 Å². The largest absolute Gasteiger partial charge is 0.444 e. The highest BCUT2D eigenvalue weighted by atomic mass is 16.6. The number of fused-ring (bicyclic) bond motifs is 2. The van der Waals surface area contributed by atoms with Crippen LogP contribution < -0.4 is 0 Å². The Kier molecular flexibility index (Phi) is 10.8. The van der Waals surface area contributed by atoms with Gasteiger partial charge in [-0.1, -0.05) is 98.8 Å². The number of carbonyl (C=O) groups excluding carboxylic acids is 4. The first-order valence-corrected chi connectivity index (χ1v) is 18.3. The summed E-state index contributed by atoms with van der Waals surface area (Å²) in [6.07, 6.45) is 8.18. The van der Waals surface area contributed by atoms with Crippen molar-refractivity contribution in [1.29, 1.82) is 0 Å². The fraction of sp³-hybridized carbons (Fsp3) is 0.422. The zero-order chi connectivity index (χ0) is 39.7. The maximum atomic E-state index is 13.3. The van der Waals surface area contributed by atoms with Crippen LogP contribution in [0.5, 0.6) is 0 Å². The molecule has 2 amide bonds. The molecule has 4 atom stereocenters. The number of ether oxygens (including phenoxy) is 1. The highest BCUT2D eigenvalue weighted by Crippen LogP contribution is 2.53. The molecule has 0 bridgehead atoms. The van der Waals surface area contributed by atoms with E-state index in [4.69, 9.17) is 17.9 Å². The Morgan fingerprint density at radius 1 is 0.704 bits per heavy atom. The molecule has 2 aliphatic carbocycles. The lowest BCUT2D eigenvalue weighted by atomic mass is 9.58. The van der Waals surface area contributed by atoms with Gasteiger partial charge in [0.2, 0.25) is 17.3 Å². The molecule has 0 saturated carbocycles. The third-order valence-electron chi connectivity index (χ3n) is 11.0. The van der Waals surface area contributed by atoms with Gasteiger partial charge in [-0.15, -0.1) is 0 Å². The number of nitrogens with zero attached hydrogens (tertiary/aromatic N) is 4. The van der Waals surface area contributed by atoms with E-state index in [0.717, 1.165) is 22.3 Å².